The highest BCUT2D eigenvalue weighted by Crippen LogP contribution is 2.28. The van der Waals surface area contributed by atoms with Crippen molar-refractivity contribution in [2.24, 2.45) is 10.7 Å². The van der Waals surface area contributed by atoms with Crippen LogP contribution in [-0.4, -0.2) is 36.8 Å². The molecule has 1 aliphatic rings. The van der Waals surface area contributed by atoms with Gasteiger partial charge in [-0.15, -0.1) is 0 Å². The lowest BCUT2D eigenvalue weighted by Crippen LogP contribution is -2.52. The molecule has 0 saturated heterocycles. The van der Waals surface area contributed by atoms with E-state index in [1.807, 2.05) is 37.3 Å². The first-order valence-electron chi connectivity index (χ1n) is 10.7. The molecule has 0 spiro atoms. The number of amides is 2. The van der Waals surface area contributed by atoms with Gasteiger partial charge in [-0.3, -0.25) is 9.59 Å². The summed E-state index contributed by atoms with van der Waals surface area (Å²) in [4.78, 5) is 32.2. The van der Waals surface area contributed by atoms with Gasteiger partial charge >= 0.3 is 0 Å². The molecule has 0 radical (unpaired) electrons. The van der Waals surface area contributed by atoms with Gasteiger partial charge in [0.1, 0.15) is 5.82 Å². The maximum Gasteiger partial charge on any atom is 0.272 e. The van der Waals surface area contributed by atoms with Crippen molar-refractivity contribution in [2.45, 2.75) is 25.0 Å². The number of anilines is 1. The van der Waals surface area contributed by atoms with Gasteiger partial charge in [0, 0.05) is 24.1 Å². The van der Waals surface area contributed by atoms with Gasteiger partial charge < -0.3 is 16.0 Å². The molecule has 0 fully saturated rings. The van der Waals surface area contributed by atoms with Crippen molar-refractivity contribution in [1.29, 1.82) is 0 Å². The topological polar surface area (TPSA) is 87.8 Å². The number of benzene rings is 3. The molecule has 2 amide bonds. The average Bonchev–Trinajstić information content (AvgIpc) is 2.94. The standard InChI is InChI=1S/C26H25FN4O2/c1-16(17-10-4-3-5-11-17)22(28)25(32)30-24-26(33)31(2)21-15-9-7-13-19(21)23(29-24)18-12-6-8-14-20(18)27/h3-16,22,24H,28H2,1-2H3,(H,30,32). The summed E-state index contributed by atoms with van der Waals surface area (Å²) in [5, 5.41) is 2.68. The van der Waals surface area contributed by atoms with Gasteiger partial charge in [0.15, 0.2) is 0 Å². The lowest BCUT2D eigenvalue weighted by atomic mass is 9.93. The van der Waals surface area contributed by atoms with E-state index in [9.17, 15) is 14.0 Å². The van der Waals surface area contributed by atoms with Gasteiger partial charge in [-0.25, -0.2) is 9.38 Å². The SMILES string of the molecule is CC(c1ccccc1)C(N)C(=O)NC1N=C(c2ccccc2F)c2ccccc2N(C)C1=O. The fraction of sp³-hybridized carbons (Fsp3) is 0.192. The number of fused-ring (bicyclic) bond motifs is 1. The summed E-state index contributed by atoms with van der Waals surface area (Å²) in [5.41, 5.74) is 8.85. The minimum Gasteiger partial charge on any atom is -0.325 e. The molecule has 168 valence electrons. The van der Waals surface area contributed by atoms with Crippen molar-refractivity contribution in [1.82, 2.24) is 5.32 Å². The maximum absolute atomic E-state index is 14.7. The molecule has 3 aromatic carbocycles. The lowest BCUT2D eigenvalue weighted by molar-refractivity contribution is -0.128. The third-order valence-electron chi connectivity index (χ3n) is 5.92. The molecular weight excluding hydrogens is 419 g/mol. The third kappa shape index (κ3) is 4.40. The first-order valence-corrected chi connectivity index (χ1v) is 10.7. The van der Waals surface area contributed by atoms with Gasteiger partial charge in [0.25, 0.3) is 5.91 Å². The number of hydrogen-bond donors (Lipinski definition) is 2. The Kier molecular flexibility index (Phi) is 6.33. The maximum atomic E-state index is 14.7. The van der Waals surface area contributed by atoms with Crippen LogP contribution in [-0.2, 0) is 9.59 Å². The van der Waals surface area contributed by atoms with Crippen LogP contribution in [0.15, 0.2) is 83.9 Å². The summed E-state index contributed by atoms with van der Waals surface area (Å²) in [5.74, 6) is -1.71. The van der Waals surface area contributed by atoms with E-state index in [0.717, 1.165) is 5.56 Å². The quantitative estimate of drug-likeness (QED) is 0.634. The molecule has 0 bridgehead atoms. The molecule has 33 heavy (non-hydrogen) atoms. The summed E-state index contributed by atoms with van der Waals surface area (Å²) < 4.78 is 14.7. The van der Waals surface area contributed by atoms with E-state index in [-0.39, 0.29) is 17.2 Å². The van der Waals surface area contributed by atoms with Crippen LogP contribution in [0.3, 0.4) is 0 Å². The van der Waals surface area contributed by atoms with Crippen LogP contribution >= 0.6 is 0 Å². The lowest BCUT2D eigenvalue weighted by Gasteiger charge is -2.24. The molecule has 0 aliphatic carbocycles. The molecule has 1 aliphatic heterocycles. The summed E-state index contributed by atoms with van der Waals surface area (Å²) in [6, 6.07) is 21.9. The largest absolute Gasteiger partial charge is 0.325 e. The predicted molar refractivity (Wildman–Crippen MR) is 127 cm³/mol. The average molecular weight is 445 g/mol. The number of nitrogens with one attached hydrogen (secondary N) is 1. The number of benzodiazepines with no additional fused rings is 1. The molecule has 7 heteroatoms. The number of rotatable bonds is 5. The van der Waals surface area contributed by atoms with E-state index < -0.39 is 29.8 Å². The Morgan fingerprint density at radius 1 is 1.00 bits per heavy atom. The molecule has 3 atom stereocenters. The molecule has 0 aromatic heterocycles. The van der Waals surface area contributed by atoms with Crippen molar-refractivity contribution >= 4 is 23.2 Å². The molecule has 3 aromatic rings. The number of aliphatic imine (C=N–C) groups is 1. The second-order valence-corrected chi connectivity index (χ2v) is 8.01. The van der Waals surface area contributed by atoms with Crippen LogP contribution in [0, 0.1) is 5.82 Å². The second-order valence-electron chi connectivity index (χ2n) is 8.01. The Balaban J connectivity index is 1.70. The van der Waals surface area contributed by atoms with Crippen molar-refractivity contribution in [3.63, 3.8) is 0 Å². The molecule has 6 nitrogen and oxygen atoms in total. The van der Waals surface area contributed by atoms with E-state index in [0.29, 0.717) is 11.3 Å². The van der Waals surface area contributed by atoms with E-state index in [2.05, 4.69) is 10.3 Å². The van der Waals surface area contributed by atoms with Crippen LogP contribution in [0.2, 0.25) is 0 Å². The van der Waals surface area contributed by atoms with Gasteiger partial charge in [-0.1, -0.05) is 67.6 Å². The van der Waals surface area contributed by atoms with Crippen molar-refractivity contribution in [2.75, 3.05) is 11.9 Å². The van der Waals surface area contributed by atoms with Crippen LogP contribution < -0.4 is 16.0 Å². The first kappa shape index (κ1) is 22.4. The summed E-state index contributed by atoms with van der Waals surface area (Å²) in [6.07, 6.45) is -1.25. The Labute approximate surface area is 191 Å². The predicted octanol–water partition coefficient (Wildman–Crippen LogP) is 3.21. The Hall–Kier alpha value is -3.84. The molecule has 1 heterocycles. The number of carbonyl (C=O) groups excluding carboxylic acids is 2. The molecule has 4 rings (SSSR count). The van der Waals surface area contributed by atoms with E-state index in [4.69, 9.17) is 5.73 Å². The zero-order chi connectivity index (χ0) is 23.5. The van der Waals surface area contributed by atoms with Crippen molar-refractivity contribution in [3.8, 4) is 0 Å². The van der Waals surface area contributed by atoms with E-state index >= 15 is 0 Å². The van der Waals surface area contributed by atoms with Gasteiger partial charge in [0.05, 0.1) is 17.4 Å². The highest BCUT2D eigenvalue weighted by molar-refractivity contribution is 6.20. The first-order chi connectivity index (χ1) is 15.9. The number of likely N-dealkylation sites (N-methyl/N-ethyl adjacent to an activating group) is 1. The zero-order valence-electron chi connectivity index (χ0n) is 18.4. The van der Waals surface area contributed by atoms with Crippen molar-refractivity contribution in [3.05, 3.63) is 101 Å². The number of halogens is 1. The highest BCUT2D eigenvalue weighted by Gasteiger charge is 2.33. The third-order valence-corrected chi connectivity index (χ3v) is 5.92. The zero-order valence-corrected chi connectivity index (χ0v) is 18.4. The van der Waals surface area contributed by atoms with Crippen molar-refractivity contribution < 1.29 is 14.0 Å². The second kappa shape index (κ2) is 9.34. The Bertz CT molecular complexity index is 1210. The van der Waals surface area contributed by atoms with E-state index in [1.165, 1.54) is 11.0 Å². The molecule has 3 N–H and O–H groups in total. The molecular formula is C26H25FN4O2. The summed E-state index contributed by atoms with van der Waals surface area (Å²) in [6.45, 7) is 1.85. The van der Waals surface area contributed by atoms with Crippen LogP contribution in [0.1, 0.15) is 29.5 Å². The van der Waals surface area contributed by atoms with Gasteiger partial charge in [0.2, 0.25) is 12.1 Å². The van der Waals surface area contributed by atoms with Gasteiger partial charge in [-0.05, 0) is 23.8 Å². The smallest absolute Gasteiger partial charge is 0.272 e. The summed E-state index contributed by atoms with van der Waals surface area (Å²) in [7, 11) is 1.60. The Morgan fingerprint density at radius 2 is 1.61 bits per heavy atom. The normalized spacial score (nSPS) is 17.5. The van der Waals surface area contributed by atoms with Crippen LogP contribution in [0.25, 0.3) is 0 Å². The minimum atomic E-state index is -1.25. The van der Waals surface area contributed by atoms with Crippen LogP contribution in [0.4, 0.5) is 10.1 Å². The summed E-state index contributed by atoms with van der Waals surface area (Å²) >= 11 is 0. The number of nitrogens with two attached hydrogens (primary N) is 1. The fourth-order valence-electron chi connectivity index (χ4n) is 3.91. The Morgan fingerprint density at radius 3 is 2.30 bits per heavy atom. The number of hydrogen-bond acceptors (Lipinski definition) is 4. The van der Waals surface area contributed by atoms with Crippen LogP contribution in [0.5, 0.6) is 0 Å². The number of nitrogens with zero attached hydrogens (tertiary/aromatic N) is 2. The van der Waals surface area contributed by atoms with Gasteiger partial charge in [-0.2, -0.15) is 0 Å². The monoisotopic (exact) mass is 444 g/mol. The molecule has 3 unspecified atom stereocenters. The number of para-hydroxylation sites is 1. The minimum absolute atomic E-state index is 0.245. The van der Waals surface area contributed by atoms with E-state index in [1.54, 1.807) is 49.5 Å². The molecule has 0 saturated carbocycles. The number of carbonyl (C=O) groups is 2. The highest BCUT2D eigenvalue weighted by atomic mass is 19.1. The fourth-order valence-corrected chi connectivity index (χ4v) is 3.91.